The molecule has 2 rings (SSSR count). The van der Waals surface area contributed by atoms with Gasteiger partial charge >= 0.3 is 0 Å². The van der Waals surface area contributed by atoms with E-state index in [0.717, 1.165) is 16.9 Å². The summed E-state index contributed by atoms with van der Waals surface area (Å²) in [4.78, 5) is 11.8. The normalized spacial score (nSPS) is 10.5. The second kappa shape index (κ2) is 7.66. The Balaban J connectivity index is 1.93. The Morgan fingerprint density at radius 2 is 1.91 bits per heavy atom. The average Bonchev–Trinajstić information content (AvgIpc) is 2.96. The van der Waals surface area contributed by atoms with Crippen molar-refractivity contribution in [2.24, 2.45) is 0 Å². The quantitative estimate of drug-likeness (QED) is 0.799. The van der Waals surface area contributed by atoms with E-state index in [2.05, 4.69) is 5.32 Å². The van der Waals surface area contributed by atoms with Crippen LogP contribution in [0.5, 0.6) is 5.75 Å². The van der Waals surface area contributed by atoms with E-state index in [1.165, 1.54) is 0 Å². The largest absolute Gasteiger partial charge is 0.485 e. The molecule has 0 radical (unpaired) electrons. The Kier molecular flexibility index (Phi) is 5.61. The van der Waals surface area contributed by atoms with E-state index < -0.39 is 0 Å². The summed E-state index contributed by atoms with van der Waals surface area (Å²) in [5, 5.41) is 2.71. The molecule has 0 saturated carbocycles. The molecule has 0 bridgehead atoms. The molecule has 1 N–H and O–H groups in total. The number of benzene rings is 1. The first kappa shape index (κ1) is 16.1. The Bertz CT molecular complexity index is 613. The zero-order valence-corrected chi connectivity index (χ0v) is 13.1. The lowest BCUT2D eigenvalue weighted by atomic mass is 10.1. The summed E-state index contributed by atoms with van der Waals surface area (Å²) >= 11 is 0. The number of methoxy groups -OCH3 is 1. The summed E-state index contributed by atoms with van der Waals surface area (Å²) < 4.78 is 16.2. The summed E-state index contributed by atoms with van der Waals surface area (Å²) in [6, 6.07) is 9.38. The van der Waals surface area contributed by atoms with Crippen LogP contribution in [-0.2, 0) is 11.3 Å². The summed E-state index contributed by atoms with van der Waals surface area (Å²) in [5.74, 6) is 1.48. The number of furan rings is 1. The van der Waals surface area contributed by atoms with Gasteiger partial charge < -0.3 is 19.2 Å². The minimum Gasteiger partial charge on any atom is -0.485 e. The molecule has 0 aliphatic rings. The standard InChI is InChI=1S/C17H21NO4/c1-12-5-4-6-13(2)16(12)21-11-14-7-8-15(22-14)17(19)18-9-10-20-3/h4-8H,9-11H2,1-3H3,(H,18,19). The zero-order chi connectivity index (χ0) is 15.9. The van der Waals surface area contributed by atoms with Gasteiger partial charge in [0.1, 0.15) is 18.1 Å². The minimum absolute atomic E-state index is 0.254. The Morgan fingerprint density at radius 3 is 2.59 bits per heavy atom. The van der Waals surface area contributed by atoms with Gasteiger partial charge in [-0.05, 0) is 37.1 Å². The number of carbonyl (C=O) groups is 1. The predicted octanol–water partition coefficient (Wildman–Crippen LogP) is 2.85. The number of hydrogen-bond acceptors (Lipinski definition) is 4. The lowest BCUT2D eigenvalue weighted by Gasteiger charge is -2.10. The highest BCUT2D eigenvalue weighted by Crippen LogP contribution is 2.23. The smallest absolute Gasteiger partial charge is 0.287 e. The van der Waals surface area contributed by atoms with Crippen LogP contribution in [-0.4, -0.2) is 26.2 Å². The lowest BCUT2D eigenvalue weighted by molar-refractivity contribution is 0.0905. The minimum atomic E-state index is -0.254. The van der Waals surface area contributed by atoms with E-state index in [9.17, 15) is 4.79 Å². The van der Waals surface area contributed by atoms with Crippen molar-refractivity contribution in [1.82, 2.24) is 5.32 Å². The second-order valence-electron chi connectivity index (χ2n) is 5.02. The van der Waals surface area contributed by atoms with Gasteiger partial charge in [-0.1, -0.05) is 18.2 Å². The number of ether oxygens (including phenoxy) is 2. The molecule has 0 atom stereocenters. The number of rotatable bonds is 7. The first-order valence-electron chi connectivity index (χ1n) is 7.16. The summed E-state index contributed by atoms with van der Waals surface area (Å²) in [6.45, 7) is 5.20. The van der Waals surface area contributed by atoms with Crippen molar-refractivity contribution < 1.29 is 18.7 Å². The van der Waals surface area contributed by atoms with Crippen molar-refractivity contribution in [2.75, 3.05) is 20.3 Å². The van der Waals surface area contributed by atoms with Crippen LogP contribution in [0.15, 0.2) is 34.7 Å². The fourth-order valence-corrected chi connectivity index (χ4v) is 2.10. The maximum Gasteiger partial charge on any atom is 0.287 e. The fraction of sp³-hybridized carbons (Fsp3) is 0.353. The number of carbonyl (C=O) groups excluding carboxylic acids is 1. The number of aryl methyl sites for hydroxylation is 2. The number of hydrogen-bond donors (Lipinski definition) is 1. The molecule has 0 fully saturated rings. The van der Waals surface area contributed by atoms with Crippen LogP contribution in [0.2, 0.25) is 0 Å². The molecule has 0 aliphatic carbocycles. The Labute approximate surface area is 130 Å². The molecule has 0 aliphatic heterocycles. The molecule has 5 heteroatoms. The monoisotopic (exact) mass is 303 g/mol. The highest BCUT2D eigenvalue weighted by molar-refractivity contribution is 5.91. The maximum atomic E-state index is 11.8. The topological polar surface area (TPSA) is 60.7 Å². The maximum absolute atomic E-state index is 11.8. The van der Waals surface area contributed by atoms with Gasteiger partial charge in [0.15, 0.2) is 5.76 Å². The molecule has 0 spiro atoms. The van der Waals surface area contributed by atoms with Gasteiger partial charge in [0.25, 0.3) is 5.91 Å². The van der Waals surface area contributed by atoms with Gasteiger partial charge in [0.2, 0.25) is 0 Å². The third kappa shape index (κ3) is 4.11. The van der Waals surface area contributed by atoms with Crippen molar-refractivity contribution >= 4 is 5.91 Å². The van der Waals surface area contributed by atoms with E-state index in [4.69, 9.17) is 13.9 Å². The SMILES string of the molecule is COCCNC(=O)c1ccc(COc2c(C)cccc2C)o1. The second-order valence-corrected chi connectivity index (χ2v) is 5.02. The number of amides is 1. The third-order valence-electron chi connectivity index (χ3n) is 3.24. The third-order valence-corrected chi connectivity index (χ3v) is 3.24. The van der Waals surface area contributed by atoms with Crippen LogP contribution < -0.4 is 10.1 Å². The van der Waals surface area contributed by atoms with Gasteiger partial charge in [-0.15, -0.1) is 0 Å². The van der Waals surface area contributed by atoms with E-state index in [-0.39, 0.29) is 18.3 Å². The molecule has 1 aromatic carbocycles. The average molecular weight is 303 g/mol. The van der Waals surface area contributed by atoms with Crippen LogP contribution in [0.1, 0.15) is 27.4 Å². The van der Waals surface area contributed by atoms with Crippen molar-refractivity contribution in [2.45, 2.75) is 20.5 Å². The van der Waals surface area contributed by atoms with E-state index >= 15 is 0 Å². The van der Waals surface area contributed by atoms with Gasteiger partial charge in [0, 0.05) is 13.7 Å². The molecule has 1 aromatic heterocycles. The first-order chi connectivity index (χ1) is 10.6. The van der Waals surface area contributed by atoms with Crippen molar-refractivity contribution in [3.8, 4) is 5.75 Å². The van der Waals surface area contributed by atoms with Crippen LogP contribution in [0.25, 0.3) is 0 Å². The molecule has 1 heterocycles. The first-order valence-corrected chi connectivity index (χ1v) is 7.16. The molecule has 0 unspecified atom stereocenters. The van der Waals surface area contributed by atoms with Gasteiger partial charge in [-0.25, -0.2) is 0 Å². The molecule has 1 amide bonds. The summed E-state index contributed by atoms with van der Waals surface area (Å²) in [6.07, 6.45) is 0. The molecular formula is C17H21NO4. The molecule has 0 saturated heterocycles. The number of para-hydroxylation sites is 1. The zero-order valence-electron chi connectivity index (χ0n) is 13.1. The van der Waals surface area contributed by atoms with Gasteiger partial charge in [-0.3, -0.25) is 4.79 Å². The fourth-order valence-electron chi connectivity index (χ4n) is 2.10. The van der Waals surface area contributed by atoms with Crippen molar-refractivity contribution in [3.63, 3.8) is 0 Å². The lowest BCUT2D eigenvalue weighted by Crippen LogP contribution is -2.26. The Hall–Kier alpha value is -2.27. The summed E-state index contributed by atoms with van der Waals surface area (Å²) in [7, 11) is 1.59. The van der Waals surface area contributed by atoms with E-state index in [0.29, 0.717) is 18.9 Å². The van der Waals surface area contributed by atoms with Crippen LogP contribution in [0.3, 0.4) is 0 Å². The van der Waals surface area contributed by atoms with Crippen LogP contribution in [0.4, 0.5) is 0 Å². The van der Waals surface area contributed by atoms with Crippen molar-refractivity contribution in [3.05, 3.63) is 53.0 Å². The van der Waals surface area contributed by atoms with E-state index in [1.54, 1.807) is 19.2 Å². The highest BCUT2D eigenvalue weighted by Gasteiger charge is 2.11. The van der Waals surface area contributed by atoms with Crippen molar-refractivity contribution in [1.29, 1.82) is 0 Å². The molecule has 22 heavy (non-hydrogen) atoms. The van der Waals surface area contributed by atoms with E-state index in [1.807, 2.05) is 32.0 Å². The predicted molar refractivity (Wildman–Crippen MR) is 83.2 cm³/mol. The number of nitrogens with one attached hydrogen (secondary N) is 1. The molecule has 118 valence electrons. The molecule has 5 nitrogen and oxygen atoms in total. The van der Waals surface area contributed by atoms with Crippen LogP contribution >= 0.6 is 0 Å². The Morgan fingerprint density at radius 1 is 1.18 bits per heavy atom. The molecule has 2 aromatic rings. The van der Waals surface area contributed by atoms with Crippen LogP contribution in [0, 0.1) is 13.8 Å². The molecular weight excluding hydrogens is 282 g/mol. The van der Waals surface area contributed by atoms with Gasteiger partial charge in [0.05, 0.1) is 6.61 Å². The highest BCUT2D eigenvalue weighted by atomic mass is 16.5. The summed E-state index contributed by atoms with van der Waals surface area (Å²) in [5.41, 5.74) is 2.15. The van der Waals surface area contributed by atoms with Gasteiger partial charge in [-0.2, -0.15) is 0 Å².